The SMILES string of the molecule is O=C(N/N=C1\C[C@@H](c2ccccc2)Oc2ccccc21)c1ccc(CSc2nc3ccccc3s2)cc1. The summed E-state index contributed by atoms with van der Waals surface area (Å²) in [6.07, 6.45) is 0.419. The summed E-state index contributed by atoms with van der Waals surface area (Å²) in [6, 6.07) is 33.7. The van der Waals surface area contributed by atoms with Crippen molar-refractivity contribution in [1.82, 2.24) is 10.4 Å². The molecule has 0 spiro atoms. The zero-order valence-corrected chi connectivity index (χ0v) is 21.5. The molecule has 2 heterocycles. The van der Waals surface area contributed by atoms with E-state index in [4.69, 9.17) is 4.74 Å². The van der Waals surface area contributed by atoms with E-state index in [0.29, 0.717) is 12.0 Å². The van der Waals surface area contributed by atoms with Crippen molar-refractivity contribution in [2.24, 2.45) is 5.10 Å². The molecule has 0 saturated carbocycles. The molecule has 1 N–H and O–H groups in total. The molecule has 6 rings (SSSR count). The molecule has 0 fully saturated rings. The number of rotatable bonds is 6. The van der Waals surface area contributed by atoms with Gasteiger partial charge in [0, 0.05) is 23.3 Å². The van der Waals surface area contributed by atoms with Gasteiger partial charge in [-0.3, -0.25) is 4.79 Å². The summed E-state index contributed by atoms with van der Waals surface area (Å²) < 4.78 is 8.47. The van der Waals surface area contributed by atoms with Gasteiger partial charge in [0.2, 0.25) is 0 Å². The summed E-state index contributed by atoms with van der Waals surface area (Å²) in [6.45, 7) is 0. The molecule has 7 heteroatoms. The maximum Gasteiger partial charge on any atom is 0.271 e. The zero-order chi connectivity index (χ0) is 25.0. The third-order valence-corrected chi connectivity index (χ3v) is 8.41. The number of fused-ring (bicyclic) bond motifs is 2. The molecule has 5 aromatic rings. The first-order valence-corrected chi connectivity index (χ1v) is 13.8. The first-order valence-electron chi connectivity index (χ1n) is 12.0. The molecule has 0 unspecified atom stereocenters. The van der Waals surface area contributed by atoms with Crippen molar-refractivity contribution >= 4 is 44.9 Å². The standard InChI is InChI=1S/C30H23N3O2S2/c34-29(22-16-14-20(15-17-22)19-36-30-31-24-11-5-7-13-28(24)37-30)33-32-25-18-27(21-8-2-1-3-9-21)35-26-12-6-4-10-23(25)26/h1-17,27H,18-19H2,(H,33,34)/b32-25+/t27-/m0/s1. The minimum atomic E-state index is -0.238. The van der Waals surface area contributed by atoms with Gasteiger partial charge in [0.1, 0.15) is 11.9 Å². The van der Waals surface area contributed by atoms with Crippen LogP contribution in [-0.4, -0.2) is 16.6 Å². The van der Waals surface area contributed by atoms with Crippen LogP contribution in [0, 0.1) is 0 Å². The maximum absolute atomic E-state index is 12.9. The van der Waals surface area contributed by atoms with Crippen molar-refractivity contribution in [2.45, 2.75) is 22.6 Å². The van der Waals surface area contributed by atoms with E-state index in [2.05, 4.69) is 21.6 Å². The second-order valence-electron chi connectivity index (χ2n) is 8.65. The van der Waals surface area contributed by atoms with Crippen molar-refractivity contribution in [3.05, 3.63) is 125 Å². The molecule has 0 saturated heterocycles. The molecular formula is C30H23N3O2S2. The van der Waals surface area contributed by atoms with Crippen molar-refractivity contribution in [1.29, 1.82) is 0 Å². The second kappa shape index (κ2) is 10.6. The number of nitrogens with one attached hydrogen (secondary N) is 1. The van der Waals surface area contributed by atoms with E-state index in [-0.39, 0.29) is 12.0 Å². The van der Waals surface area contributed by atoms with E-state index in [1.165, 1.54) is 4.70 Å². The summed E-state index contributed by atoms with van der Waals surface area (Å²) in [7, 11) is 0. The normalized spacial score (nSPS) is 15.8. The summed E-state index contributed by atoms with van der Waals surface area (Å²) in [5.74, 6) is 1.32. The van der Waals surface area contributed by atoms with Gasteiger partial charge in [-0.2, -0.15) is 5.10 Å². The van der Waals surface area contributed by atoms with Crippen LogP contribution in [0.2, 0.25) is 0 Å². The van der Waals surface area contributed by atoms with Crippen LogP contribution in [0.15, 0.2) is 113 Å². The van der Waals surface area contributed by atoms with Crippen molar-refractivity contribution < 1.29 is 9.53 Å². The Morgan fingerprint density at radius 1 is 0.946 bits per heavy atom. The number of nitrogens with zero attached hydrogens (tertiary/aromatic N) is 2. The lowest BCUT2D eigenvalue weighted by Crippen LogP contribution is -2.25. The van der Waals surface area contributed by atoms with Gasteiger partial charge in [-0.1, -0.05) is 78.5 Å². The Bertz CT molecular complexity index is 1550. The Balaban J connectivity index is 1.13. The molecule has 0 radical (unpaired) electrons. The molecule has 1 atom stereocenters. The summed E-state index contributed by atoms with van der Waals surface area (Å²) in [5, 5.41) is 4.52. The smallest absolute Gasteiger partial charge is 0.271 e. The molecular weight excluding hydrogens is 498 g/mol. The van der Waals surface area contributed by atoms with Crippen LogP contribution in [-0.2, 0) is 5.75 Å². The highest BCUT2D eigenvalue weighted by Gasteiger charge is 2.26. The van der Waals surface area contributed by atoms with Gasteiger partial charge in [0.05, 0.1) is 15.9 Å². The zero-order valence-electron chi connectivity index (χ0n) is 19.8. The number of aromatic nitrogens is 1. The largest absolute Gasteiger partial charge is 0.485 e. The summed E-state index contributed by atoms with van der Waals surface area (Å²) >= 11 is 3.41. The van der Waals surface area contributed by atoms with Crippen molar-refractivity contribution in [2.75, 3.05) is 0 Å². The molecule has 182 valence electrons. The number of carbonyl (C=O) groups excluding carboxylic acids is 1. The van der Waals surface area contributed by atoms with Crippen LogP contribution >= 0.6 is 23.1 Å². The number of benzene rings is 4. The first-order chi connectivity index (χ1) is 18.2. The van der Waals surface area contributed by atoms with Crippen LogP contribution in [0.4, 0.5) is 0 Å². The molecule has 1 aliphatic heterocycles. The van der Waals surface area contributed by atoms with E-state index in [1.807, 2.05) is 97.1 Å². The van der Waals surface area contributed by atoms with Gasteiger partial charge in [0.15, 0.2) is 4.34 Å². The Kier molecular flexibility index (Phi) is 6.71. The monoisotopic (exact) mass is 521 g/mol. The van der Waals surface area contributed by atoms with Crippen molar-refractivity contribution in [3.8, 4) is 5.75 Å². The molecule has 5 nitrogen and oxygen atoms in total. The molecule has 1 amide bonds. The van der Waals surface area contributed by atoms with Crippen LogP contribution < -0.4 is 10.2 Å². The number of thioether (sulfide) groups is 1. The molecule has 0 aliphatic carbocycles. The average Bonchev–Trinajstić information content (AvgIpc) is 3.38. The maximum atomic E-state index is 12.9. The molecule has 1 aliphatic rings. The van der Waals surface area contributed by atoms with Crippen LogP contribution in [0.3, 0.4) is 0 Å². The second-order valence-corrected chi connectivity index (χ2v) is 10.9. The fraction of sp³-hybridized carbons (Fsp3) is 0.100. The predicted molar refractivity (Wildman–Crippen MR) is 150 cm³/mol. The van der Waals surface area contributed by atoms with E-state index in [0.717, 1.165) is 43.8 Å². The van der Waals surface area contributed by atoms with E-state index < -0.39 is 0 Å². The Morgan fingerprint density at radius 3 is 2.54 bits per heavy atom. The third-order valence-electron chi connectivity index (χ3n) is 6.16. The molecule has 37 heavy (non-hydrogen) atoms. The topological polar surface area (TPSA) is 63.6 Å². The number of carbonyl (C=O) groups is 1. The summed E-state index contributed by atoms with van der Waals surface area (Å²) in [5.41, 5.74) is 8.27. The van der Waals surface area contributed by atoms with Gasteiger partial charge in [-0.05, 0) is 47.5 Å². The van der Waals surface area contributed by atoms with E-state index >= 15 is 0 Å². The van der Waals surface area contributed by atoms with Crippen LogP contribution in [0.5, 0.6) is 5.75 Å². The number of hydrazone groups is 1. The average molecular weight is 522 g/mol. The fourth-order valence-corrected chi connectivity index (χ4v) is 6.27. The number of thiazole rings is 1. The summed E-state index contributed by atoms with van der Waals surface area (Å²) in [4.78, 5) is 17.6. The Labute approximate surface area is 223 Å². The lowest BCUT2D eigenvalue weighted by molar-refractivity contribution is 0.0954. The van der Waals surface area contributed by atoms with Gasteiger partial charge >= 0.3 is 0 Å². The van der Waals surface area contributed by atoms with Crippen LogP contribution in [0.25, 0.3) is 10.2 Å². The third kappa shape index (κ3) is 5.28. The Morgan fingerprint density at radius 2 is 1.70 bits per heavy atom. The minimum absolute atomic E-state index is 0.154. The highest BCUT2D eigenvalue weighted by Crippen LogP contribution is 2.35. The van der Waals surface area contributed by atoms with Crippen molar-refractivity contribution in [3.63, 3.8) is 0 Å². The lowest BCUT2D eigenvalue weighted by atomic mass is 9.96. The highest BCUT2D eigenvalue weighted by atomic mass is 32.2. The number of hydrogen-bond donors (Lipinski definition) is 1. The predicted octanol–water partition coefficient (Wildman–Crippen LogP) is 7.25. The molecule has 0 bridgehead atoms. The Hall–Kier alpha value is -3.94. The fourth-order valence-electron chi connectivity index (χ4n) is 4.24. The quantitative estimate of drug-likeness (QED) is 0.189. The number of amides is 1. The van der Waals surface area contributed by atoms with Gasteiger partial charge in [-0.25, -0.2) is 10.4 Å². The minimum Gasteiger partial charge on any atom is -0.485 e. The number of para-hydroxylation sites is 2. The van der Waals surface area contributed by atoms with Gasteiger partial charge in [0.25, 0.3) is 5.91 Å². The van der Waals surface area contributed by atoms with E-state index in [1.54, 1.807) is 23.1 Å². The van der Waals surface area contributed by atoms with E-state index in [9.17, 15) is 4.79 Å². The first kappa shape index (κ1) is 23.5. The van der Waals surface area contributed by atoms with Crippen LogP contribution in [0.1, 0.15) is 39.6 Å². The lowest BCUT2D eigenvalue weighted by Gasteiger charge is -2.27. The van der Waals surface area contributed by atoms with Gasteiger partial charge < -0.3 is 4.74 Å². The van der Waals surface area contributed by atoms with Gasteiger partial charge in [-0.15, -0.1) is 11.3 Å². The molecule has 4 aromatic carbocycles. The highest BCUT2D eigenvalue weighted by molar-refractivity contribution is 8.00. The number of hydrogen-bond acceptors (Lipinski definition) is 6. The molecule has 1 aromatic heterocycles. The number of ether oxygens (including phenoxy) is 1.